The highest BCUT2D eigenvalue weighted by Crippen LogP contribution is 2.28. The molecular formula is C16H19ClN2O5. The summed E-state index contributed by atoms with van der Waals surface area (Å²) in [4.78, 5) is 17.5. The van der Waals surface area contributed by atoms with Crippen LogP contribution >= 0.6 is 11.6 Å². The topological polar surface area (TPSA) is 80.6 Å². The Morgan fingerprint density at radius 2 is 2.17 bits per heavy atom. The van der Waals surface area contributed by atoms with Crippen molar-refractivity contribution >= 4 is 23.6 Å². The molecule has 0 aromatic heterocycles. The number of aromatic carboxylic acids is 1. The van der Waals surface area contributed by atoms with Crippen LogP contribution in [0.4, 0.5) is 0 Å². The van der Waals surface area contributed by atoms with Gasteiger partial charge in [0.05, 0.1) is 12.1 Å². The molecule has 1 atom stereocenters. The number of benzene rings is 1. The van der Waals surface area contributed by atoms with Crippen molar-refractivity contribution in [2.24, 2.45) is 4.99 Å². The van der Waals surface area contributed by atoms with Gasteiger partial charge in [-0.15, -0.1) is 0 Å². The first-order valence-electron chi connectivity index (χ1n) is 7.35. The second kappa shape index (κ2) is 8.03. The Morgan fingerprint density at radius 1 is 1.42 bits per heavy atom. The summed E-state index contributed by atoms with van der Waals surface area (Å²) >= 11 is 5.98. The molecule has 1 aliphatic heterocycles. The van der Waals surface area contributed by atoms with Gasteiger partial charge in [0, 0.05) is 19.7 Å². The number of hydrogen-bond donors (Lipinski definition) is 1. The smallest absolute Gasteiger partial charge is 0.341 e. The predicted octanol–water partition coefficient (Wildman–Crippen LogP) is 2.96. The van der Waals surface area contributed by atoms with E-state index in [9.17, 15) is 9.90 Å². The van der Waals surface area contributed by atoms with Crippen LogP contribution in [0.5, 0.6) is 5.75 Å². The van der Waals surface area contributed by atoms with Crippen LogP contribution in [0.3, 0.4) is 0 Å². The molecule has 1 aromatic carbocycles. The largest absolute Gasteiger partial charge is 0.481 e. The molecule has 0 saturated carbocycles. The predicted molar refractivity (Wildman–Crippen MR) is 89.4 cm³/mol. The third-order valence-corrected chi connectivity index (χ3v) is 3.66. The van der Waals surface area contributed by atoms with E-state index in [1.54, 1.807) is 24.2 Å². The molecule has 0 bridgehead atoms. The Labute approximate surface area is 145 Å². The molecule has 0 saturated heterocycles. The minimum Gasteiger partial charge on any atom is -0.481 e. The summed E-state index contributed by atoms with van der Waals surface area (Å²) in [6.45, 7) is 2.61. The molecule has 1 unspecified atom stereocenters. The van der Waals surface area contributed by atoms with Gasteiger partial charge in [-0.3, -0.25) is 4.90 Å². The first-order chi connectivity index (χ1) is 11.5. The fourth-order valence-electron chi connectivity index (χ4n) is 2.27. The van der Waals surface area contributed by atoms with Crippen LogP contribution in [0.2, 0.25) is 5.02 Å². The third kappa shape index (κ3) is 3.80. The van der Waals surface area contributed by atoms with Crippen LogP contribution in [-0.2, 0) is 9.47 Å². The van der Waals surface area contributed by atoms with Crippen LogP contribution in [-0.4, -0.2) is 49.0 Å². The molecule has 0 spiro atoms. The van der Waals surface area contributed by atoms with Crippen molar-refractivity contribution in [3.63, 3.8) is 0 Å². The van der Waals surface area contributed by atoms with E-state index in [1.165, 1.54) is 19.2 Å². The van der Waals surface area contributed by atoms with Crippen LogP contribution in [0.1, 0.15) is 23.7 Å². The quantitative estimate of drug-likeness (QED) is 0.846. The zero-order valence-corrected chi connectivity index (χ0v) is 14.4. The van der Waals surface area contributed by atoms with Gasteiger partial charge in [0.15, 0.2) is 6.23 Å². The highest BCUT2D eigenvalue weighted by atomic mass is 35.5. The highest BCUT2D eigenvalue weighted by molar-refractivity contribution is 6.33. The maximum Gasteiger partial charge on any atom is 0.341 e. The molecule has 1 heterocycles. The van der Waals surface area contributed by atoms with Crippen molar-refractivity contribution in [2.75, 3.05) is 20.8 Å². The van der Waals surface area contributed by atoms with Crippen molar-refractivity contribution in [1.29, 1.82) is 0 Å². The van der Waals surface area contributed by atoms with Crippen molar-refractivity contribution in [3.8, 4) is 5.75 Å². The van der Waals surface area contributed by atoms with Crippen LogP contribution in [0, 0.1) is 0 Å². The molecule has 1 N–H and O–H groups in total. The normalized spacial score (nSPS) is 17.2. The molecule has 0 aliphatic carbocycles. The van der Waals surface area contributed by atoms with E-state index in [1.807, 2.05) is 6.92 Å². The third-order valence-electron chi connectivity index (χ3n) is 3.35. The summed E-state index contributed by atoms with van der Waals surface area (Å²) in [5.74, 6) is -0.759. The molecule has 7 nitrogen and oxygen atoms in total. The van der Waals surface area contributed by atoms with E-state index in [0.29, 0.717) is 12.4 Å². The Hall–Kier alpha value is -2.25. The van der Waals surface area contributed by atoms with Crippen LogP contribution in [0.15, 0.2) is 35.2 Å². The molecule has 1 aromatic rings. The van der Waals surface area contributed by atoms with E-state index in [4.69, 9.17) is 25.8 Å². The summed E-state index contributed by atoms with van der Waals surface area (Å²) in [7, 11) is 3.04. The number of rotatable bonds is 6. The van der Waals surface area contributed by atoms with Gasteiger partial charge >= 0.3 is 12.0 Å². The van der Waals surface area contributed by atoms with Gasteiger partial charge in [0.25, 0.3) is 0 Å². The molecule has 24 heavy (non-hydrogen) atoms. The number of hydrogen-bond acceptors (Lipinski definition) is 6. The number of carbonyl (C=O) groups is 1. The minimum atomic E-state index is -1.18. The Balaban J connectivity index is 2.42. The molecule has 130 valence electrons. The number of amidine groups is 1. The van der Waals surface area contributed by atoms with E-state index in [-0.39, 0.29) is 22.4 Å². The fourth-order valence-corrected chi connectivity index (χ4v) is 2.51. The zero-order chi connectivity index (χ0) is 17.7. The van der Waals surface area contributed by atoms with Crippen LogP contribution < -0.4 is 4.74 Å². The summed E-state index contributed by atoms with van der Waals surface area (Å²) in [6, 6.07) is 4.81. The number of aliphatic imine (C=N–C) groups is 1. The lowest BCUT2D eigenvalue weighted by molar-refractivity contribution is 0.0278. The first-order valence-corrected chi connectivity index (χ1v) is 7.73. The minimum absolute atomic E-state index is 0.0873. The van der Waals surface area contributed by atoms with Gasteiger partial charge in [0.1, 0.15) is 11.3 Å². The van der Waals surface area contributed by atoms with E-state index < -0.39 is 12.2 Å². The van der Waals surface area contributed by atoms with Gasteiger partial charge in [-0.05, 0) is 18.6 Å². The SMILES string of the molecule is CCCN1C(Oc2cccc(Cl)c2C(=O)O)=NC(OC)=CC1OC. The fraction of sp³-hybridized carbons (Fsp3) is 0.375. The van der Waals surface area contributed by atoms with Gasteiger partial charge in [-0.2, -0.15) is 4.99 Å². The van der Waals surface area contributed by atoms with Gasteiger partial charge in [0.2, 0.25) is 5.88 Å². The maximum absolute atomic E-state index is 11.5. The standard InChI is InChI=1S/C16H19ClN2O5/c1-4-8-19-13(23-3)9-12(22-2)18-16(19)24-11-7-5-6-10(17)14(11)15(20)21/h5-7,9,13H,4,8H2,1-3H3,(H,20,21). The molecule has 2 rings (SSSR count). The Kier molecular flexibility index (Phi) is 6.05. The number of carboxylic acids is 1. The zero-order valence-electron chi connectivity index (χ0n) is 13.7. The number of halogens is 1. The second-order valence-electron chi connectivity index (χ2n) is 4.94. The highest BCUT2D eigenvalue weighted by Gasteiger charge is 2.28. The average molecular weight is 355 g/mol. The van der Waals surface area contributed by atoms with Crippen LogP contribution in [0.25, 0.3) is 0 Å². The lowest BCUT2D eigenvalue weighted by atomic mass is 10.2. The van der Waals surface area contributed by atoms with E-state index in [0.717, 1.165) is 6.42 Å². The lowest BCUT2D eigenvalue weighted by Gasteiger charge is -2.33. The summed E-state index contributed by atoms with van der Waals surface area (Å²) in [5.41, 5.74) is -0.124. The number of carboxylic acid groups (broad SMARTS) is 1. The molecule has 0 fully saturated rings. The Morgan fingerprint density at radius 3 is 2.75 bits per heavy atom. The van der Waals surface area contributed by atoms with E-state index >= 15 is 0 Å². The lowest BCUT2D eigenvalue weighted by Crippen LogP contribution is -2.46. The summed E-state index contributed by atoms with van der Waals surface area (Å²) in [5, 5.41) is 9.45. The molecule has 8 heteroatoms. The monoisotopic (exact) mass is 354 g/mol. The summed E-state index contributed by atoms with van der Waals surface area (Å²) < 4.78 is 16.4. The number of methoxy groups -OCH3 is 2. The van der Waals surface area contributed by atoms with Crippen molar-refractivity contribution in [3.05, 3.63) is 40.7 Å². The molecule has 0 radical (unpaired) electrons. The van der Waals surface area contributed by atoms with Crippen molar-refractivity contribution in [1.82, 2.24) is 4.90 Å². The van der Waals surface area contributed by atoms with E-state index in [2.05, 4.69) is 4.99 Å². The van der Waals surface area contributed by atoms with Gasteiger partial charge < -0.3 is 19.3 Å². The maximum atomic E-state index is 11.5. The molecular weight excluding hydrogens is 336 g/mol. The first kappa shape index (κ1) is 18.1. The van der Waals surface area contributed by atoms with Crippen molar-refractivity contribution in [2.45, 2.75) is 19.6 Å². The molecule has 1 aliphatic rings. The Bertz CT molecular complexity index is 674. The van der Waals surface area contributed by atoms with Crippen molar-refractivity contribution < 1.29 is 24.1 Å². The second-order valence-corrected chi connectivity index (χ2v) is 5.35. The summed E-state index contributed by atoms with van der Waals surface area (Å²) in [6.07, 6.45) is 2.10. The number of nitrogens with zero attached hydrogens (tertiary/aromatic N) is 2. The van der Waals surface area contributed by atoms with Gasteiger partial charge in [-0.1, -0.05) is 24.6 Å². The molecule has 0 amide bonds. The average Bonchev–Trinajstić information content (AvgIpc) is 2.56. The van der Waals surface area contributed by atoms with Gasteiger partial charge in [-0.25, -0.2) is 4.79 Å². The number of ether oxygens (including phenoxy) is 3.